The van der Waals surface area contributed by atoms with Crippen molar-refractivity contribution in [1.82, 2.24) is 19.4 Å². The van der Waals surface area contributed by atoms with Gasteiger partial charge in [-0.25, -0.2) is 4.79 Å². The Balaban J connectivity index is 1.87. The van der Waals surface area contributed by atoms with Crippen molar-refractivity contribution in [2.45, 2.75) is 6.42 Å². The van der Waals surface area contributed by atoms with Crippen LogP contribution in [-0.4, -0.2) is 59.3 Å². The molecule has 0 atom stereocenters. The van der Waals surface area contributed by atoms with E-state index in [0.29, 0.717) is 6.54 Å². The number of morpholine rings is 1. The van der Waals surface area contributed by atoms with E-state index in [1.807, 2.05) is 0 Å². The Hall–Kier alpha value is -1.93. The van der Waals surface area contributed by atoms with E-state index in [9.17, 15) is 14.4 Å². The topological polar surface area (TPSA) is 85.6 Å². The third kappa shape index (κ3) is 3.83. The van der Waals surface area contributed by atoms with E-state index in [1.54, 1.807) is 0 Å². The van der Waals surface area contributed by atoms with Crippen LogP contribution in [0.5, 0.6) is 0 Å². The summed E-state index contributed by atoms with van der Waals surface area (Å²) in [7, 11) is 2.87. The molecule has 0 spiro atoms. The number of rotatable bonds is 5. The minimum absolute atomic E-state index is 0.0176. The van der Waals surface area contributed by atoms with Crippen molar-refractivity contribution in [2.24, 2.45) is 14.1 Å². The van der Waals surface area contributed by atoms with Crippen molar-refractivity contribution in [3.05, 3.63) is 32.6 Å². The van der Waals surface area contributed by atoms with Crippen molar-refractivity contribution in [1.29, 1.82) is 0 Å². The minimum atomic E-state index is -0.575. The van der Waals surface area contributed by atoms with Gasteiger partial charge in [0, 0.05) is 39.9 Å². The van der Waals surface area contributed by atoms with Gasteiger partial charge in [0.25, 0.3) is 11.5 Å². The van der Waals surface area contributed by atoms with Crippen LogP contribution in [0.3, 0.4) is 0 Å². The van der Waals surface area contributed by atoms with Gasteiger partial charge in [-0.05, 0) is 13.0 Å². The predicted molar refractivity (Wildman–Crippen MR) is 81.1 cm³/mol. The number of aromatic nitrogens is 2. The molecule has 0 bridgehead atoms. The van der Waals surface area contributed by atoms with Gasteiger partial charge in [0.1, 0.15) is 5.56 Å². The predicted octanol–water partition coefficient (Wildman–Crippen LogP) is -1.46. The molecule has 1 saturated heterocycles. The van der Waals surface area contributed by atoms with Crippen molar-refractivity contribution in [3.8, 4) is 0 Å². The summed E-state index contributed by atoms with van der Waals surface area (Å²) in [6, 6.07) is 0. The monoisotopic (exact) mass is 310 g/mol. The van der Waals surface area contributed by atoms with Crippen LogP contribution in [-0.2, 0) is 18.8 Å². The first-order valence-corrected chi connectivity index (χ1v) is 7.35. The van der Waals surface area contributed by atoms with Crippen LogP contribution < -0.4 is 16.6 Å². The molecule has 8 heteroatoms. The van der Waals surface area contributed by atoms with Gasteiger partial charge in [0.2, 0.25) is 0 Å². The van der Waals surface area contributed by atoms with Crippen LogP contribution in [0.15, 0.2) is 15.8 Å². The zero-order chi connectivity index (χ0) is 16.1. The molecular formula is C14H22N4O4. The highest BCUT2D eigenvalue weighted by Crippen LogP contribution is 1.97. The first-order chi connectivity index (χ1) is 10.5. The zero-order valence-corrected chi connectivity index (χ0v) is 13.0. The molecule has 1 aliphatic rings. The number of aryl methyl sites for hydroxylation is 1. The van der Waals surface area contributed by atoms with Gasteiger partial charge in [-0.2, -0.15) is 0 Å². The second-order valence-electron chi connectivity index (χ2n) is 5.36. The Morgan fingerprint density at radius 2 is 1.95 bits per heavy atom. The van der Waals surface area contributed by atoms with Crippen LogP contribution in [0, 0.1) is 0 Å². The Bertz CT molecular complexity index is 643. The summed E-state index contributed by atoms with van der Waals surface area (Å²) in [5.41, 5.74) is -1.04. The normalized spacial score (nSPS) is 15.7. The van der Waals surface area contributed by atoms with E-state index < -0.39 is 17.2 Å². The Morgan fingerprint density at radius 1 is 1.27 bits per heavy atom. The maximum atomic E-state index is 12.1. The molecule has 8 nitrogen and oxygen atoms in total. The van der Waals surface area contributed by atoms with Crippen LogP contribution >= 0.6 is 0 Å². The van der Waals surface area contributed by atoms with Crippen molar-refractivity contribution in [2.75, 3.05) is 39.4 Å². The number of carbonyl (C=O) groups excluding carboxylic acids is 1. The summed E-state index contributed by atoms with van der Waals surface area (Å²) in [5, 5.41) is 2.73. The molecule has 0 unspecified atom stereocenters. The second-order valence-corrected chi connectivity index (χ2v) is 5.36. The quantitative estimate of drug-likeness (QED) is 0.672. The molecule has 1 aromatic rings. The molecule has 0 saturated carbocycles. The lowest BCUT2D eigenvalue weighted by Gasteiger charge is -2.26. The summed E-state index contributed by atoms with van der Waals surface area (Å²) >= 11 is 0. The molecule has 0 radical (unpaired) electrons. The lowest BCUT2D eigenvalue weighted by atomic mass is 10.3. The molecule has 0 aromatic carbocycles. The number of hydrogen-bond acceptors (Lipinski definition) is 5. The summed E-state index contributed by atoms with van der Waals surface area (Å²) in [4.78, 5) is 37.8. The fourth-order valence-corrected chi connectivity index (χ4v) is 2.39. The van der Waals surface area contributed by atoms with Crippen LogP contribution in [0.25, 0.3) is 0 Å². The summed E-state index contributed by atoms with van der Waals surface area (Å²) < 4.78 is 7.43. The third-order valence-electron chi connectivity index (χ3n) is 3.73. The van der Waals surface area contributed by atoms with Gasteiger partial charge in [0.05, 0.1) is 13.2 Å². The lowest BCUT2D eigenvalue weighted by Crippen LogP contribution is -2.42. The first kappa shape index (κ1) is 16.4. The molecular weight excluding hydrogens is 288 g/mol. The number of amides is 1. The molecule has 2 rings (SSSR count). The first-order valence-electron chi connectivity index (χ1n) is 7.35. The molecule has 1 N–H and O–H groups in total. The Morgan fingerprint density at radius 3 is 2.64 bits per heavy atom. The SMILES string of the molecule is Cn1cc(C(=O)NCCCN2CCOCC2)c(=O)n(C)c1=O. The van der Waals surface area contributed by atoms with Gasteiger partial charge in [-0.3, -0.25) is 19.1 Å². The molecule has 1 aromatic heterocycles. The molecule has 1 fully saturated rings. The highest BCUT2D eigenvalue weighted by atomic mass is 16.5. The van der Waals surface area contributed by atoms with Crippen molar-refractivity contribution in [3.63, 3.8) is 0 Å². The second kappa shape index (κ2) is 7.37. The molecule has 22 heavy (non-hydrogen) atoms. The van der Waals surface area contributed by atoms with Crippen LogP contribution in [0.1, 0.15) is 16.8 Å². The maximum Gasteiger partial charge on any atom is 0.330 e. The highest BCUT2D eigenvalue weighted by molar-refractivity contribution is 5.93. The smallest absolute Gasteiger partial charge is 0.330 e. The average Bonchev–Trinajstić information content (AvgIpc) is 2.53. The number of carbonyl (C=O) groups is 1. The van der Waals surface area contributed by atoms with Gasteiger partial charge in [0.15, 0.2) is 0 Å². The standard InChI is InChI=1S/C14H22N4O4/c1-16-10-11(13(20)17(2)14(16)21)12(19)15-4-3-5-18-6-8-22-9-7-18/h10H,3-9H2,1-2H3,(H,15,19). The summed E-state index contributed by atoms with van der Waals surface area (Å²) in [6.45, 7) is 4.70. The third-order valence-corrected chi connectivity index (χ3v) is 3.73. The van der Waals surface area contributed by atoms with E-state index >= 15 is 0 Å². The van der Waals surface area contributed by atoms with Gasteiger partial charge in [-0.15, -0.1) is 0 Å². The number of hydrogen-bond donors (Lipinski definition) is 1. The van der Waals surface area contributed by atoms with Crippen molar-refractivity contribution >= 4 is 5.91 Å². The molecule has 1 aliphatic heterocycles. The summed E-state index contributed by atoms with van der Waals surface area (Å²) in [5.74, 6) is -0.446. The van der Waals surface area contributed by atoms with Gasteiger partial charge >= 0.3 is 5.69 Å². The number of nitrogens with one attached hydrogen (secondary N) is 1. The fourth-order valence-electron chi connectivity index (χ4n) is 2.39. The largest absolute Gasteiger partial charge is 0.379 e. The zero-order valence-electron chi connectivity index (χ0n) is 13.0. The van der Waals surface area contributed by atoms with E-state index in [0.717, 1.165) is 43.8 Å². The van der Waals surface area contributed by atoms with Crippen LogP contribution in [0.4, 0.5) is 0 Å². The van der Waals surface area contributed by atoms with E-state index in [-0.39, 0.29) is 5.56 Å². The van der Waals surface area contributed by atoms with Gasteiger partial charge < -0.3 is 14.6 Å². The molecule has 0 aliphatic carbocycles. The van der Waals surface area contributed by atoms with Crippen LogP contribution in [0.2, 0.25) is 0 Å². The molecule has 122 valence electrons. The number of nitrogens with zero attached hydrogens (tertiary/aromatic N) is 3. The van der Waals surface area contributed by atoms with Gasteiger partial charge in [-0.1, -0.05) is 0 Å². The lowest BCUT2D eigenvalue weighted by molar-refractivity contribution is 0.0374. The maximum absolute atomic E-state index is 12.1. The van der Waals surface area contributed by atoms with Crippen molar-refractivity contribution < 1.29 is 9.53 Å². The molecule has 1 amide bonds. The Labute approximate surface area is 128 Å². The van der Waals surface area contributed by atoms with E-state index in [1.165, 1.54) is 24.9 Å². The fraction of sp³-hybridized carbons (Fsp3) is 0.643. The van der Waals surface area contributed by atoms with E-state index in [2.05, 4.69) is 10.2 Å². The number of ether oxygens (including phenoxy) is 1. The van der Waals surface area contributed by atoms with E-state index in [4.69, 9.17) is 4.74 Å². The minimum Gasteiger partial charge on any atom is -0.379 e. The highest BCUT2D eigenvalue weighted by Gasteiger charge is 2.14. The Kier molecular flexibility index (Phi) is 5.51. The molecule has 2 heterocycles. The average molecular weight is 310 g/mol. The summed E-state index contributed by atoms with van der Waals surface area (Å²) in [6.07, 6.45) is 2.08.